The number of hydrogen-bond acceptors (Lipinski definition) is 3. The molecule has 1 aliphatic heterocycles. The van der Waals surface area contributed by atoms with Gasteiger partial charge in [0.1, 0.15) is 0 Å². The third-order valence-electron chi connectivity index (χ3n) is 3.92. The Bertz CT molecular complexity index is 350. The number of carbonyl (C=O) groups is 2. The van der Waals surface area contributed by atoms with E-state index in [1.165, 1.54) is 12.8 Å². The number of urea groups is 1. The molecular formula is C14H25N3O3. The van der Waals surface area contributed by atoms with E-state index >= 15 is 0 Å². The molecule has 0 radical (unpaired) electrons. The summed E-state index contributed by atoms with van der Waals surface area (Å²) in [6.07, 6.45) is 3.83. The summed E-state index contributed by atoms with van der Waals surface area (Å²) in [5.41, 5.74) is 0. The van der Waals surface area contributed by atoms with Gasteiger partial charge >= 0.3 is 12.1 Å². The van der Waals surface area contributed by atoms with Crippen molar-refractivity contribution in [2.45, 2.75) is 38.6 Å². The topological polar surface area (TPSA) is 61.9 Å². The van der Waals surface area contributed by atoms with E-state index in [9.17, 15) is 9.59 Å². The van der Waals surface area contributed by atoms with Gasteiger partial charge in [0.2, 0.25) is 0 Å². The summed E-state index contributed by atoms with van der Waals surface area (Å²) in [6, 6.07) is 0.168. The van der Waals surface area contributed by atoms with E-state index in [0.29, 0.717) is 25.6 Å². The van der Waals surface area contributed by atoms with Crippen molar-refractivity contribution in [3.8, 4) is 0 Å². The predicted molar refractivity (Wildman–Crippen MR) is 75.5 cm³/mol. The number of hydrogen-bond donors (Lipinski definition) is 1. The van der Waals surface area contributed by atoms with Crippen LogP contribution in [-0.2, 0) is 4.74 Å². The van der Waals surface area contributed by atoms with Crippen LogP contribution in [-0.4, -0.2) is 61.3 Å². The lowest BCUT2D eigenvalue weighted by molar-refractivity contribution is 0.0952. The number of ether oxygens (including phenoxy) is 1. The Balaban J connectivity index is 1.68. The van der Waals surface area contributed by atoms with Gasteiger partial charge in [-0.25, -0.2) is 9.59 Å². The highest BCUT2D eigenvalue weighted by Gasteiger charge is 2.27. The van der Waals surface area contributed by atoms with Gasteiger partial charge in [0, 0.05) is 32.7 Å². The summed E-state index contributed by atoms with van der Waals surface area (Å²) in [4.78, 5) is 27.1. The number of nitrogens with zero attached hydrogens (tertiary/aromatic N) is 2. The molecule has 2 rings (SSSR count). The molecule has 0 aromatic rings. The monoisotopic (exact) mass is 283 g/mol. The zero-order chi connectivity index (χ0) is 14.5. The van der Waals surface area contributed by atoms with Crippen molar-refractivity contribution >= 4 is 12.1 Å². The van der Waals surface area contributed by atoms with Gasteiger partial charge in [0.25, 0.3) is 0 Å². The molecule has 3 amide bonds. The molecule has 1 heterocycles. The predicted octanol–water partition coefficient (Wildman–Crippen LogP) is 1.66. The Hall–Kier alpha value is -1.46. The van der Waals surface area contributed by atoms with Crippen molar-refractivity contribution in [3.63, 3.8) is 0 Å². The van der Waals surface area contributed by atoms with Crippen LogP contribution in [0.3, 0.4) is 0 Å². The van der Waals surface area contributed by atoms with Crippen molar-refractivity contribution in [3.05, 3.63) is 0 Å². The number of rotatable bonds is 4. The fourth-order valence-corrected chi connectivity index (χ4v) is 2.48. The molecule has 1 aliphatic carbocycles. The van der Waals surface area contributed by atoms with Gasteiger partial charge in [-0.2, -0.15) is 0 Å². The van der Waals surface area contributed by atoms with E-state index < -0.39 is 0 Å². The summed E-state index contributed by atoms with van der Waals surface area (Å²) in [6.45, 7) is 4.36. The van der Waals surface area contributed by atoms with Crippen molar-refractivity contribution < 1.29 is 14.3 Å². The SMILES string of the molecule is CCOC(=O)N1CCC(NC(=O)N(C)CC2CC2)CC1. The molecule has 0 bridgehead atoms. The van der Waals surface area contributed by atoms with Crippen LogP contribution in [0.25, 0.3) is 0 Å². The first-order valence-electron chi connectivity index (χ1n) is 7.53. The maximum absolute atomic E-state index is 12.0. The molecule has 2 fully saturated rings. The van der Waals surface area contributed by atoms with Crippen LogP contribution in [0, 0.1) is 5.92 Å². The van der Waals surface area contributed by atoms with Crippen LogP contribution < -0.4 is 5.32 Å². The second kappa shape index (κ2) is 6.81. The van der Waals surface area contributed by atoms with E-state index in [2.05, 4.69) is 5.32 Å². The Morgan fingerprint density at radius 3 is 2.45 bits per heavy atom. The minimum Gasteiger partial charge on any atom is -0.450 e. The smallest absolute Gasteiger partial charge is 0.409 e. The van der Waals surface area contributed by atoms with E-state index in [1.54, 1.807) is 16.7 Å². The fourth-order valence-electron chi connectivity index (χ4n) is 2.48. The Labute approximate surface area is 120 Å². The Morgan fingerprint density at radius 2 is 1.90 bits per heavy atom. The first-order valence-corrected chi connectivity index (χ1v) is 7.53. The van der Waals surface area contributed by atoms with Gasteiger partial charge in [0.05, 0.1) is 6.61 Å². The van der Waals surface area contributed by atoms with Gasteiger partial charge in [0.15, 0.2) is 0 Å². The van der Waals surface area contributed by atoms with Crippen LogP contribution in [0.2, 0.25) is 0 Å². The average Bonchev–Trinajstić information content (AvgIpc) is 3.23. The van der Waals surface area contributed by atoms with Gasteiger partial charge in [-0.15, -0.1) is 0 Å². The maximum Gasteiger partial charge on any atom is 0.409 e. The van der Waals surface area contributed by atoms with E-state index in [1.807, 2.05) is 7.05 Å². The molecule has 2 aliphatic rings. The lowest BCUT2D eigenvalue weighted by Gasteiger charge is -2.32. The standard InChI is InChI=1S/C14H25N3O3/c1-3-20-14(19)17-8-6-12(7-9-17)15-13(18)16(2)10-11-4-5-11/h11-12H,3-10H2,1-2H3,(H,15,18). The third kappa shape index (κ3) is 4.28. The van der Waals surface area contributed by atoms with Crippen molar-refractivity contribution in [2.75, 3.05) is 33.3 Å². The second-order valence-corrected chi connectivity index (χ2v) is 5.73. The molecule has 1 N–H and O–H groups in total. The number of carbonyl (C=O) groups excluding carboxylic acids is 2. The van der Waals surface area contributed by atoms with Gasteiger partial charge in [-0.1, -0.05) is 0 Å². The van der Waals surface area contributed by atoms with Crippen LogP contribution >= 0.6 is 0 Å². The highest BCUT2D eigenvalue weighted by Crippen LogP contribution is 2.29. The van der Waals surface area contributed by atoms with Crippen molar-refractivity contribution in [1.29, 1.82) is 0 Å². The average molecular weight is 283 g/mol. The summed E-state index contributed by atoms with van der Waals surface area (Å²) in [5.74, 6) is 0.705. The molecule has 1 saturated heterocycles. The van der Waals surface area contributed by atoms with E-state index in [-0.39, 0.29) is 18.2 Å². The Morgan fingerprint density at radius 1 is 1.25 bits per heavy atom. The molecule has 20 heavy (non-hydrogen) atoms. The van der Waals surface area contributed by atoms with Crippen molar-refractivity contribution in [2.24, 2.45) is 5.92 Å². The second-order valence-electron chi connectivity index (χ2n) is 5.73. The summed E-state index contributed by atoms with van der Waals surface area (Å²) in [7, 11) is 1.85. The molecular weight excluding hydrogens is 258 g/mol. The third-order valence-corrected chi connectivity index (χ3v) is 3.92. The van der Waals surface area contributed by atoms with Crippen LogP contribution in [0.15, 0.2) is 0 Å². The summed E-state index contributed by atoms with van der Waals surface area (Å²) in [5, 5.41) is 3.05. The zero-order valence-electron chi connectivity index (χ0n) is 12.4. The number of likely N-dealkylation sites (tertiary alicyclic amines) is 1. The molecule has 0 unspecified atom stereocenters. The van der Waals surface area contributed by atoms with E-state index in [4.69, 9.17) is 4.74 Å². The van der Waals surface area contributed by atoms with Gasteiger partial charge in [-0.05, 0) is 38.5 Å². The van der Waals surface area contributed by atoms with Crippen LogP contribution in [0.5, 0.6) is 0 Å². The maximum atomic E-state index is 12.0. The normalized spacial score (nSPS) is 19.6. The van der Waals surface area contributed by atoms with E-state index in [0.717, 1.165) is 19.4 Å². The minimum absolute atomic E-state index is 0.00600. The number of piperidine rings is 1. The van der Waals surface area contributed by atoms with Gasteiger partial charge in [-0.3, -0.25) is 0 Å². The van der Waals surface area contributed by atoms with Crippen molar-refractivity contribution in [1.82, 2.24) is 15.1 Å². The lowest BCUT2D eigenvalue weighted by atomic mass is 10.1. The number of nitrogens with one attached hydrogen (secondary N) is 1. The van der Waals surface area contributed by atoms with Crippen LogP contribution in [0.1, 0.15) is 32.6 Å². The first-order chi connectivity index (χ1) is 9.60. The quantitative estimate of drug-likeness (QED) is 0.853. The van der Waals surface area contributed by atoms with Gasteiger partial charge < -0.3 is 19.9 Å². The Kier molecular flexibility index (Phi) is 5.09. The lowest BCUT2D eigenvalue weighted by Crippen LogP contribution is -2.49. The molecule has 0 aromatic heterocycles. The molecule has 0 atom stereocenters. The first kappa shape index (κ1) is 14.9. The molecule has 1 saturated carbocycles. The fraction of sp³-hybridized carbons (Fsp3) is 0.857. The highest BCUT2D eigenvalue weighted by molar-refractivity contribution is 5.74. The van der Waals surface area contributed by atoms with Crippen LogP contribution in [0.4, 0.5) is 9.59 Å². The zero-order valence-corrected chi connectivity index (χ0v) is 12.4. The minimum atomic E-state index is -0.247. The summed E-state index contributed by atoms with van der Waals surface area (Å²) >= 11 is 0. The largest absolute Gasteiger partial charge is 0.450 e. The molecule has 0 spiro atoms. The number of amides is 3. The highest BCUT2D eigenvalue weighted by atomic mass is 16.6. The summed E-state index contributed by atoms with van der Waals surface area (Å²) < 4.78 is 4.98. The molecule has 6 heteroatoms. The molecule has 6 nitrogen and oxygen atoms in total. The molecule has 114 valence electrons. The molecule has 0 aromatic carbocycles.